The van der Waals surface area contributed by atoms with E-state index in [0.29, 0.717) is 11.6 Å². The number of H-pyrrole nitrogens is 1. The molecule has 0 radical (unpaired) electrons. The molecular formula is C17H22N2O8P2. The van der Waals surface area contributed by atoms with E-state index in [1.54, 1.807) is 6.20 Å². The second-order valence-electron chi connectivity index (χ2n) is 6.32. The van der Waals surface area contributed by atoms with Gasteiger partial charge in [-0.15, -0.1) is 0 Å². The van der Waals surface area contributed by atoms with Gasteiger partial charge in [0.15, 0.2) is 0 Å². The van der Waals surface area contributed by atoms with Crippen LogP contribution in [-0.2, 0) is 20.3 Å². The van der Waals surface area contributed by atoms with Crippen molar-refractivity contribution >= 4 is 32.1 Å². The van der Waals surface area contributed by atoms with Crippen LogP contribution in [-0.4, -0.2) is 59.7 Å². The molecule has 0 unspecified atom stereocenters. The maximum atomic E-state index is 11.9. The average molecular weight is 444 g/mol. The minimum atomic E-state index is -4.42. The Kier molecular flexibility index (Phi) is 7.73. The van der Waals surface area contributed by atoms with Gasteiger partial charge >= 0.3 is 21.2 Å². The maximum absolute atomic E-state index is 11.9. The first-order valence-corrected chi connectivity index (χ1v) is 11.8. The SMILES string of the molecule is O=C(O)[C@H](Cc1c[nH]c2ccccc12)N(CC=CP(=O)(O)O)CC=CP(=O)(O)O. The average Bonchev–Trinajstić information content (AvgIpc) is 2.99. The molecule has 0 saturated heterocycles. The van der Waals surface area contributed by atoms with Gasteiger partial charge in [0.1, 0.15) is 6.04 Å². The Balaban J connectivity index is 2.30. The summed E-state index contributed by atoms with van der Waals surface area (Å²) < 4.78 is 22.0. The largest absolute Gasteiger partial charge is 0.480 e. The first-order valence-electron chi connectivity index (χ1n) is 8.44. The third kappa shape index (κ3) is 7.72. The van der Waals surface area contributed by atoms with Crippen molar-refractivity contribution in [2.24, 2.45) is 0 Å². The summed E-state index contributed by atoms with van der Waals surface area (Å²) in [7, 11) is -8.84. The van der Waals surface area contributed by atoms with Crippen LogP contribution in [0, 0.1) is 0 Å². The highest BCUT2D eigenvalue weighted by Crippen LogP contribution is 2.36. The number of carboxylic acid groups (broad SMARTS) is 1. The molecule has 0 aliphatic carbocycles. The van der Waals surface area contributed by atoms with E-state index in [1.807, 2.05) is 24.3 Å². The minimum absolute atomic E-state index is 0.0762. The molecule has 1 aromatic heterocycles. The van der Waals surface area contributed by atoms with Crippen LogP contribution >= 0.6 is 15.2 Å². The number of nitrogens with zero attached hydrogens (tertiary/aromatic N) is 1. The Morgan fingerprint density at radius 1 is 1.03 bits per heavy atom. The van der Waals surface area contributed by atoms with Crippen molar-refractivity contribution in [3.63, 3.8) is 0 Å². The van der Waals surface area contributed by atoms with Crippen LogP contribution in [0.2, 0.25) is 0 Å². The summed E-state index contributed by atoms with van der Waals surface area (Å²) in [5, 5.41) is 10.6. The molecule has 0 amide bonds. The van der Waals surface area contributed by atoms with Gasteiger partial charge in [-0.2, -0.15) is 0 Å². The molecule has 1 aromatic carbocycles. The number of aliphatic carboxylic acids is 1. The lowest BCUT2D eigenvalue weighted by molar-refractivity contribution is -0.142. The van der Waals surface area contributed by atoms with Gasteiger partial charge in [0, 0.05) is 48.2 Å². The first kappa shape index (κ1) is 23.3. The molecule has 2 rings (SSSR count). The number of nitrogens with one attached hydrogen (secondary N) is 1. The lowest BCUT2D eigenvalue weighted by Gasteiger charge is -2.26. The van der Waals surface area contributed by atoms with E-state index in [-0.39, 0.29) is 19.5 Å². The molecule has 2 aromatic rings. The van der Waals surface area contributed by atoms with E-state index in [1.165, 1.54) is 4.90 Å². The zero-order chi connectivity index (χ0) is 21.7. The number of aromatic amines is 1. The fourth-order valence-electron chi connectivity index (χ4n) is 2.85. The number of para-hydroxylation sites is 1. The molecular weight excluding hydrogens is 422 g/mol. The van der Waals surface area contributed by atoms with E-state index in [0.717, 1.165) is 28.6 Å². The molecule has 0 saturated carbocycles. The van der Waals surface area contributed by atoms with Crippen molar-refractivity contribution in [1.82, 2.24) is 9.88 Å². The lowest BCUT2D eigenvalue weighted by atomic mass is 10.0. The summed E-state index contributed by atoms with van der Waals surface area (Å²) in [6, 6.07) is 6.24. The van der Waals surface area contributed by atoms with Gasteiger partial charge in [-0.3, -0.25) is 18.8 Å². The predicted octanol–water partition coefficient (Wildman–Crippen LogP) is 1.85. The molecule has 10 nitrogen and oxygen atoms in total. The van der Waals surface area contributed by atoms with Gasteiger partial charge in [0.25, 0.3) is 0 Å². The third-order valence-electron chi connectivity index (χ3n) is 4.09. The van der Waals surface area contributed by atoms with Crippen LogP contribution in [0.3, 0.4) is 0 Å². The van der Waals surface area contributed by atoms with Gasteiger partial charge in [-0.25, -0.2) is 0 Å². The summed E-state index contributed by atoms with van der Waals surface area (Å²) >= 11 is 0. The molecule has 0 bridgehead atoms. The minimum Gasteiger partial charge on any atom is -0.480 e. The van der Waals surface area contributed by atoms with Gasteiger partial charge in [0.05, 0.1) is 0 Å². The van der Waals surface area contributed by atoms with Gasteiger partial charge in [0.2, 0.25) is 0 Å². The number of hydrogen-bond acceptors (Lipinski definition) is 4. The lowest BCUT2D eigenvalue weighted by Crippen LogP contribution is -2.43. The van der Waals surface area contributed by atoms with Gasteiger partial charge in [-0.05, 0) is 11.6 Å². The van der Waals surface area contributed by atoms with E-state index in [2.05, 4.69) is 4.98 Å². The zero-order valence-electron chi connectivity index (χ0n) is 15.2. The summed E-state index contributed by atoms with van der Waals surface area (Å²) in [4.78, 5) is 52.1. The maximum Gasteiger partial charge on any atom is 0.348 e. The van der Waals surface area contributed by atoms with E-state index < -0.39 is 27.2 Å². The topological polar surface area (TPSA) is 171 Å². The van der Waals surface area contributed by atoms with Crippen LogP contribution in [0.4, 0.5) is 0 Å². The monoisotopic (exact) mass is 444 g/mol. The Morgan fingerprint density at radius 2 is 1.59 bits per heavy atom. The van der Waals surface area contributed by atoms with Crippen molar-refractivity contribution in [3.05, 3.63) is 59.8 Å². The molecule has 1 heterocycles. The molecule has 6 N–H and O–H groups in total. The van der Waals surface area contributed by atoms with E-state index in [4.69, 9.17) is 19.6 Å². The molecule has 12 heteroatoms. The number of carbonyl (C=O) groups is 1. The van der Waals surface area contributed by atoms with Crippen LogP contribution in [0.5, 0.6) is 0 Å². The Morgan fingerprint density at radius 3 is 2.10 bits per heavy atom. The number of carboxylic acids is 1. The van der Waals surface area contributed by atoms with Crippen molar-refractivity contribution in [1.29, 1.82) is 0 Å². The summed E-state index contributed by atoms with van der Waals surface area (Å²) in [6.45, 7) is -0.286. The summed E-state index contributed by atoms with van der Waals surface area (Å²) in [6.07, 6.45) is 4.04. The molecule has 0 spiro atoms. The molecule has 29 heavy (non-hydrogen) atoms. The number of fused-ring (bicyclic) bond motifs is 1. The smallest absolute Gasteiger partial charge is 0.348 e. The van der Waals surface area contributed by atoms with Crippen molar-refractivity contribution < 1.29 is 38.6 Å². The Bertz CT molecular complexity index is 970. The van der Waals surface area contributed by atoms with Crippen LogP contribution < -0.4 is 0 Å². The fraction of sp³-hybridized carbons (Fsp3) is 0.235. The number of hydrogen-bond donors (Lipinski definition) is 6. The van der Waals surface area contributed by atoms with E-state index in [9.17, 15) is 19.0 Å². The Hall–Kier alpha value is -2.03. The van der Waals surface area contributed by atoms with Crippen molar-refractivity contribution in [2.45, 2.75) is 12.5 Å². The van der Waals surface area contributed by atoms with Crippen LogP contribution in [0.1, 0.15) is 5.56 Å². The summed E-state index contributed by atoms with van der Waals surface area (Å²) in [5.74, 6) is 0.152. The highest BCUT2D eigenvalue weighted by atomic mass is 31.2. The van der Waals surface area contributed by atoms with Gasteiger partial charge < -0.3 is 29.7 Å². The number of rotatable bonds is 10. The molecule has 158 valence electrons. The normalized spacial score (nSPS) is 14.4. The number of aromatic nitrogens is 1. The fourth-order valence-corrected chi connectivity index (χ4v) is 3.59. The zero-order valence-corrected chi connectivity index (χ0v) is 17.0. The molecule has 0 aliphatic heterocycles. The van der Waals surface area contributed by atoms with Crippen LogP contribution in [0.15, 0.2) is 54.2 Å². The van der Waals surface area contributed by atoms with Gasteiger partial charge in [-0.1, -0.05) is 30.4 Å². The second kappa shape index (κ2) is 9.65. The second-order valence-corrected chi connectivity index (χ2v) is 9.27. The van der Waals surface area contributed by atoms with Crippen molar-refractivity contribution in [3.8, 4) is 0 Å². The quantitative estimate of drug-likeness (QED) is 0.299. The summed E-state index contributed by atoms with van der Waals surface area (Å²) in [5.41, 5.74) is 1.57. The molecule has 1 atom stereocenters. The molecule has 0 aliphatic rings. The number of benzene rings is 1. The first-order chi connectivity index (χ1) is 13.5. The predicted molar refractivity (Wildman–Crippen MR) is 107 cm³/mol. The highest BCUT2D eigenvalue weighted by molar-refractivity contribution is 7.55. The third-order valence-corrected chi connectivity index (χ3v) is 5.29. The standard InChI is InChI=1S/C17H22N2O8P2/c20-17(21)16(11-13-12-18-15-6-2-1-5-14(13)15)19(7-3-9-28(22,23)24)8-4-10-29(25,26)27/h1-6,9-10,12,16,18H,7-8,11H2,(H,20,21)(H2,22,23,24)(H2,25,26,27)/t16-/m0/s1. The molecule has 0 fully saturated rings. The Labute approximate surface area is 166 Å². The highest BCUT2D eigenvalue weighted by Gasteiger charge is 2.26. The van der Waals surface area contributed by atoms with Crippen LogP contribution in [0.25, 0.3) is 10.9 Å². The van der Waals surface area contributed by atoms with E-state index >= 15 is 0 Å². The van der Waals surface area contributed by atoms with Crippen molar-refractivity contribution in [2.75, 3.05) is 13.1 Å².